The Bertz CT molecular complexity index is 1060. The average molecular weight is 419 g/mol. The molecule has 1 saturated heterocycles. The van der Waals surface area contributed by atoms with Gasteiger partial charge in [0.1, 0.15) is 0 Å². The molecule has 1 N–H and O–H groups in total. The summed E-state index contributed by atoms with van der Waals surface area (Å²) in [5.41, 5.74) is 5.00. The number of aryl methyl sites for hydroxylation is 1. The summed E-state index contributed by atoms with van der Waals surface area (Å²) in [4.78, 5) is 30.0. The molecule has 0 bridgehead atoms. The highest BCUT2D eigenvalue weighted by Crippen LogP contribution is 2.33. The summed E-state index contributed by atoms with van der Waals surface area (Å²) in [5.74, 6) is 0.715. The molecule has 8 heteroatoms. The molecule has 4 heterocycles. The number of rotatable bonds is 5. The Kier molecular flexibility index (Phi) is 6.08. The molecule has 4 rings (SSSR count). The third kappa shape index (κ3) is 4.64. The number of anilines is 3. The van der Waals surface area contributed by atoms with Gasteiger partial charge >= 0.3 is 0 Å². The summed E-state index contributed by atoms with van der Waals surface area (Å²) in [5, 5.41) is 2.92. The number of nitrogens with one attached hydrogen (secondary N) is 1. The third-order valence-corrected chi connectivity index (χ3v) is 5.22. The maximum atomic E-state index is 12.5. The highest BCUT2D eigenvalue weighted by molar-refractivity contribution is 6.04. The minimum absolute atomic E-state index is 0.200. The first-order valence-corrected chi connectivity index (χ1v) is 10.2. The van der Waals surface area contributed by atoms with Crippen molar-refractivity contribution in [1.82, 2.24) is 15.0 Å². The topological polar surface area (TPSA) is 83.5 Å². The first kappa shape index (κ1) is 20.7. The molecule has 1 aliphatic heterocycles. The molecule has 160 valence electrons. The fourth-order valence-electron chi connectivity index (χ4n) is 3.58. The van der Waals surface area contributed by atoms with Gasteiger partial charge in [-0.3, -0.25) is 14.8 Å². The smallest absolute Gasteiger partial charge is 0.255 e. The molecule has 8 nitrogen and oxygen atoms in total. The standard InChI is InChI=1S/C23H26N6O2/c1-16-20(13-19(15-25-16)27-23(30)17-4-6-24-7-5-17)18-12-21(22(26-14-18)28(2)3)29-8-10-31-11-9-29/h4-7,12-15H,8-11H2,1-3H3,(H,27,30). The number of morpholine rings is 1. The van der Waals surface area contributed by atoms with Gasteiger partial charge in [-0.05, 0) is 31.2 Å². The molecule has 0 saturated carbocycles. The number of carbonyl (C=O) groups excluding carboxylic acids is 1. The van der Waals surface area contributed by atoms with Gasteiger partial charge in [-0.2, -0.15) is 0 Å². The second kappa shape index (κ2) is 9.09. The molecule has 3 aromatic heterocycles. The van der Waals surface area contributed by atoms with E-state index in [0.717, 1.165) is 41.4 Å². The van der Waals surface area contributed by atoms with Crippen LogP contribution in [0.15, 0.2) is 49.1 Å². The maximum Gasteiger partial charge on any atom is 0.255 e. The van der Waals surface area contributed by atoms with Crippen molar-refractivity contribution in [3.8, 4) is 11.1 Å². The van der Waals surface area contributed by atoms with Gasteiger partial charge in [0.15, 0.2) is 5.82 Å². The molecule has 0 atom stereocenters. The Morgan fingerprint density at radius 2 is 1.84 bits per heavy atom. The van der Waals surface area contributed by atoms with Crippen molar-refractivity contribution in [2.45, 2.75) is 6.92 Å². The normalized spacial score (nSPS) is 13.7. The van der Waals surface area contributed by atoms with Crippen LogP contribution >= 0.6 is 0 Å². The molecule has 0 aliphatic carbocycles. The number of aromatic nitrogens is 3. The second-order valence-corrected chi connectivity index (χ2v) is 7.61. The van der Waals surface area contributed by atoms with Gasteiger partial charge in [-0.25, -0.2) is 4.98 Å². The Morgan fingerprint density at radius 3 is 2.55 bits per heavy atom. The zero-order chi connectivity index (χ0) is 21.8. The van der Waals surface area contributed by atoms with Crippen molar-refractivity contribution < 1.29 is 9.53 Å². The van der Waals surface area contributed by atoms with Crippen molar-refractivity contribution >= 4 is 23.1 Å². The highest BCUT2D eigenvalue weighted by Gasteiger charge is 2.19. The number of ether oxygens (including phenoxy) is 1. The summed E-state index contributed by atoms with van der Waals surface area (Å²) >= 11 is 0. The minimum Gasteiger partial charge on any atom is -0.378 e. The van der Waals surface area contributed by atoms with E-state index in [-0.39, 0.29) is 5.91 Å². The average Bonchev–Trinajstić information content (AvgIpc) is 2.81. The zero-order valence-electron chi connectivity index (χ0n) is 18.0. The molecule has 1 amide bonds. The quantitative estimate of drug-likeness (QED) is 0.682. The number of hydrogen-bond donors (Lipinski definition) is 1. The molecular weight excluding hydrogens is 392 g/mol. The van der Waals surface area contributed by atoms with E-state index in [1.54, 1.807) is 30.7 Å². The van der Waals surface area contributed by atoms with Crippen LogP contribution in [0.2, 0.25) is 0 Å². The predicted molar refractivity (Wildman–Crippen MR) is 122 cm³/mol. The molecule has 0 radical (unpaired) electrons. The van der Waals surface area contributed by atoms with Crippen LogP contribution in [0.1, 0.15) is 16.1 Å². The van der Waals surface area contributed by atoms with Crippen molar-refractivity contribution in [1.29, 1.82) is 0 Å². The molecule has 0 unspecified atom stereocenters. The van der Waals surface area contributed by atoms with E-state index >= 15 is 0 Å². The molecule has 0 aromatic carbocycles. The van der Waals surface area contributed by atoms with Gasteiger partial charge in [0.25, 0.3) is 5.91 Å². The van der Waals surface area contributed by atoms with E-state index in [1.807, 2.05) is 38.2 Å². The fraction of sp³-hybridized carbons (Fsp3) is 0.304. The van der Waals surface area contributed by atoms with Crippen molar-refractivity contribution in [2.75, 3.05) is 55.5 Å². The first-order chi connectivity index (χ1) is 15.0. The molecule has 1 fully saturated rings. The summed E-state index contributed by atoms with van der Waals surface area (Å²) in [7, 11) is 3.99. The highest BCUT2D eigenvalue weighted by atomic mass is 16.5. The largest absolute Gasteiger partial charge is 0.378 e. The van der Waals surface area contributed by atoms with Crippen molar-refractivity contribution in [3.05, 3.63) is 60.3 Å². The van der Waals surface area contributed by atoms with E-state index in [0.29, 0.717) is 24.5 Å². The van der Waals surface area contributed by atoms with Gasteiger partial charge in [0, 0.05) is 68.2 Å². The fourth-order valence-corrected chi connectivity index (χ4v) is 3.58. The lowest BCUT2D eigenvalue weighted by Gasteiger charge is -2.31. The monoisotopic (exact) mass is 418 g/mol. The van der Waals surface area contributed by atoms with E-state index in [9.17, 15) is 4.79 Å². The molecule has 1 aliphatic rings. The summed E-state index contributed by atoms with van der Waals surface area (Å²) < 4.78 is 5.51. The molecular formula is C23H26N6O2. The Hall–Kier alpha value is -3.52. The van der Waals surface area contributed by atoms with Crippen LogP contribution in [-0.4, -0.2) is 61.3 Å². The third-order valence-electron chi connectivity index (χ3n) is 5.22. The van der Waals surface area contributed by atoms with E-state index < -0.39 is 0 Å². The second-order valence-electron chi connectivity index (χ2n) is 7.61. The SMILES string of the molecule is Cc1ncc(NC(=O)c2ccncc2)cc1-c1cnc(N(C)C)c(N2CCOCC2)c1. The number of pyridine rings is 3. The number of nitrogens with zero attached hydrogens (tertiary/aromatic N) is 5. The number of amides is 1. The molecule has 31 heavy (non-hydrogen) atoms. The van der Waals surface area contributed by atoms with Crippen molar-refractivity contribution in [2.24, 2.45) is 0 Å². The number of hydrogen-bond acceptors (Lipinski definition) is 7. The van der Waals surface area contributed by atoms with E-state index in [2.05, 4.69) is 26.3 Å². The van der Waals surface area contributed by atoms with Crippen LogP contribution in [0.3, 0.4) is 0 Å². The van der Waals surface area contributed by atoms with Gasteiger partial charge in [-0.1, -0.05) is 0 Å². The lowest BCUT2D eigenvalue weighted by Crippen LogP contribution is -2.37. The van der Waals surface area contributed by atoms with E-state index in [4.69, 9.17) is 9.72 Å². The van der Waals surface area contributed by atoms with Gasteiger partial charge < -0.3 is 19.9 Å². The van der Waals surface area contributed by atoms with Crippen LogP contribution in [0.5, 0.6) is 0 Å². The summed E-state index contributed by atoms with van der Waals surface area (Å²) in [6, 6.07) is 7.44. The zero-order valence-corrected chi connectivity index (χ0v) is 18.0. The summed E-state index contributed by atoms with van der Waals surface area (Å²) in [6.07, 6.45) is 6.72. The Morgan fingerprint density at radius 1 is 1.10 bits per heavy atom. The lowest BCUT2D eigenvalue weighted by molar-refractivity contribution is 0.102. The van der Waals surface area contributed by atoms with Crippen molar-refractivity contribution in [3.63, 3.8) is 0 Å². The minimum atomic E-state index is -0.200. The van der Waals surface area contributed by atoms with Crippen LogP contribution in [0.25, 0.3) is 11.1 Å². The van der Waals surface area contributed by atoms with Crippen LogP contribution in [-0.2, 0) is 4.74 Å². The predicted octanol–water partition coefficient (Wildman–Crippen LogP) is 3.00. The van der Waals surface area contributed by atoms with Crippen LogP contribution < -0.4 is 15.1 Å². The summed E-state index contributed by atoms with van der Waals surface area (Å²) in [6.45, 7) is 5.01. The van der Waals surface area contributed by atoms with Crippen LogP contribution in [0, 0.1) is 6.92 Å². The van der Waals surface area contributed by atoms with E-state index in [1.165, 1.54) is 0 Å². The first-order valence-electron chi connectivity index (χ1n) is 10.2. The van der Waals surface area contributed by atoms with Gasteiger partial charge in [-0.15, -0.1) is 0 Å². The van der Waals surface area contributed by atoms with Gasteiger partial charge in [0.2, 0.25) is 0 Å². The Labute approximate surface area is 181 Å². The maximum absolute atomic E-state index is 12.5. The Balaban J connectivity index is 1.67. The van der Waals surface area contributed by atoms with Gasteiger partial charge in [0.05, 0.1) is 30.8 Å². The molecule has 3 aromatic rings. The van der Waals surface area contributed by atoms with Crippen LogP contribution in [0.4, 0.5) is 17.2 Å². The molecule has 0 spiro atoms. The lowest BCUT2D eigenvalue weighted by atomic mass is 10.0. The number of carbonyl (C=O) groups is 1.